The van der Waals surface area contributed by atoms with Gasteiger partial charge in [0.2, 0.25) is 10.0 Å². The first kappa shape index (κ1) is 24.6. The molecule has 3 aromatic carbocycles. The molecule has 0 aliphatic heterocycles. The van der Waals surface area contributed by atoms with E-state index in [1.54, 1.807) is 26.0 Å². The first-order valence-corrected chi connectivity index (χ1v) is 13.2. The lowest BCUT2D eigenvalue weighted by atomic mass is 10.2. The summed E-state index contributed by atoms with van der Waals surface area (Å²) in [4.78, 5) is 18.1. The van der Waals surface area contributed by atoms with Crippen LogP contribution in [-0.4, -0.2) is 41.3 Å². The lowest BCUT2D eigenvalue weighted by Gasteiger charge is -2.19. The third kappa shape index (κ3) is 5.13. The van der Waals surface area contributed by atoms with Crippen molar-refractivity contribution in [1.29, 1.82) is 0 Å². The molecule has 182 valence electrons. The summed E-state index contributed by atoms with van der Waals surface area (Å²) in [5.74, 6) is 0.378. The Kier molecular flexibility index (Phi) is 7.33. The summed E-state index contributed by atoms with van der Waals surface area (Å²) in [5, 5.41) is 3.00. The molecule has 4 aromatic rings. The second kappa shape index (κ2) is 10.4. The molecule has 0 saturated heterocycles. The molecule has 0 radical (unpaired) electrons. The summed E-state index contributed by atoms with van der Waals surface area (Å²) in [5.41, 5.74) is 3.26. The summed E-state index contributed by atoms with van der Waals surface area (Å²) in [6.07, 6.45) is 0. The maximum Gasteiger partial charge on any atom is 0.251 e. The number of hydrogen-bond acceptors (Lipinski definition) is 4. The van der Waals surface area contributed by atoms with Gasteiger partial charge in [0, 0.05) is 25.2 Å². The van der Waals surface area contributed by atoms with Crippen molar-refractivity contribution in [2.24, 2.45) is 0 Å². The molecule has 1 amide bonds. The molecule has 1 N–H and O–H groups in total. The molecule has 0 spiro atoms. The lowest BCUT2D eigenvalue weighted by Crippen LogP contribution is -2.31. The van der Waals surface area contributed by atoms with Crippen molar-refractivity contribution >= 4 is 27.0 Å². The Hall–Kier alpha value is -3.49. The van der Waals surface area contributed by atoms with Gasteiger partial charge in [0.25, 0.3) is 5.91 Å². The number of nitrogens with one attached hydrogen (secondary N) is 1. The number of amides is 1. The van der Waals surface area contributed by atoms with Crippen LogP contribution in [0.1, 0.15) is 48.6 Å². The smallest absolute Gasteiger partial charge is 0.251 e. The van der Waals surface area contributed by atoms with E-state index in [9.17, 15) is 13.2 Å². The average molecular weight is 491 g/mol. The van der Waals surface area contributed by atoms with Gasteiger partial charge >= 0.3 is 0 Å². The third-order valence-electron chi connectivity index (χ3n) is 6.04. The minimum Gasteiger partial charge on any atom is -0.342 e. The number of nitrogens with zero attached hydrogens (tertiary/aromatic N) is 3. The first-order chi connectivity index (χ1) is 16.8. The summed E-state index contributed by atoms with van der Waals surface area (Å²) in [7, 11) is -3.66. The van der Waals surface area contributed by atoms with E-state index in [-0.39, 0.29) is 16.4 Å². The number of fused-ring (bicyclic) bond motifs is 1. The molecule has 1 heterocycles. The normalized spacial score (nSPS) is 12.7. The SMILES string of the molecule is CCN(CC)S(=O)(=O)c1cccc(C(=O)N[C@@H](C)c2nc3ccccc3n2Cc2ccccc2)c1. The molecule has 4 rings (SSSR count). The Morgan fingerprint density at radius 2 is 1.66 bits per heavy atom. The number of sulfonamides is 1. The minimum atomic E-state index is -3.66. The number of hydrogen-bond donors (Lipinski definition) is 1. The van der Waals surface area contributed by atoms with Gasteiger partial charge in [0.15, 0.2) is 0 Å². The number of imidazole rings is 1. The van der Waals surface area contributed by atoms with Crippen LogP contribution in [0.2, 0.25) is 0 Å². The zero-order valence-corrected chi connectivity index (χ0v) is 21.0. The van der Waals surface area contributed by atoms with Crippen LogP contribution in [0.4, 0.5) is 0 Å². The predicted octanol–water partition coefficient (Wildman–Crippen LogP) is 4.61. The summed E-state index contributed by atoms with van der Waals surface area (Å²) in [6, 6.07) is 23.8. The topological polar surface area (TPSA) is 84.3 Å². The van der Waals surface area contributed by atoms with Gasteiger partial charge in [-0.15, -0.1) is 0 Å². The fraction of sp³-hybridized carbons (Fsp3) is 0.259. The molecule has 0 bridgehead atoms. The van der Waals surface area contributed by atoms with Crippen LogP contribution in [0.15, 0.2) is 83.8 Å². The fourth-order valence-electron chi connectivity index (χ4n) is 4.21. The number of carbonyl (C=O) groups excluding carboxylic acids is 1. The van der Waals surface area contributed by atoms with E-state index in [0.29, 0.717) is 19.6 Å². The van der Waals surface area contributed by atoms with Crippen LogP contribution in [0.25, 0.3) is 11.0 Å². The van der Waals surface area contributed by atoms with Gasteiger partial charge < -0.3 is 9.88 Å². The van der Waals surface area contributed by atoms with Gasteiger partial charge in [-0.25, -0.2) is 13.4 Å². The molecule has 8 heteroatoms. The Morgan fingerprint density at radius 3 is 2.37 bits per heavy atom. The van der Waals surface area contributed by atoms with Crippen molar-refractivity contribution in [3.63, 3.8) is 0 Å². The van der Waals surface area contributed by atoms with Crippen LogP contribution >= 0.6 is 0 Å². The molecule has 0 aliphatic carbocycles. The standard InChI is InChI=1S/C27H30N4O3S/c1-4-30(5-2)35(33,34)23-15-11-14-22(18-23)27(32)28-20(3)26-29-24-16-9-10-17-25(24)31(26)19-21-12-7-6-8-13-21/h6-18,20H,4-5,19H2,1-3H3,(H,28,32)/t20-/m0/s1. The quantitative estimate of drug-likeness (QED) is 0.371. The van der Waals surface area contributed by atoms with Crippen LogP contribution in [0, 0.1) is 0 Å². The number of aromatic nitrogens is 2. The first-order valence-electron chi connectivity index (χ1n) is 11.7. The molecule has 0 saturated carbocycles. The van der Waals surface area contributed by atoms with Crippen LogP contribution in [-0.2, 0) is 16.6 Å². The van der Waals surface area contributed by atoms with Gasteiger partial charge in [-0.05, 0) is 42.8 Å². The molecule has 0 aliphatic rings. The van der Waals surface area contributed by atoms with Crippen LogP contribution in [0.3, 0.4) is 0 Å². The van der Waals surface area contributed by atoms with E-state index in [2.05, 4.69) is 22.0 Å². The van der Waals surface area contributed by atoms with Crippen LogP contribution in [0.5, 0.6) is 0 Å². The van der Waals surface area contributed by atoms with Crippen molar-refractivity contribution in [2.45, 2.75) is 38.3 Å². The van der Waals surface area contributed by atoms with Gasteiger partial charge in [0.05, 0.1) is 22.0 Å². The fourth-order valence-corrected chi connectivity index (χ4v) is 5.72. The molecule has 7 nitrogen and oxygen atoms in total. The summed E-state index contributed by atoms with van der Waals surface area (Å²) < 4.78 is 29.3. The van der Waals surface area contributed by atoms with E-state index in [0.717, 1.165) is 22.4 Å². The second-order valence-electron chi connectivity index (χ2n) is 8.34. The van der Waals surface area contributed by atoms with Crippen molar-refractivity contribution in [2.75, 3.05) is 13.1 Å². The van der Waals surface area contributed by atoms with Crippen molar-refractivity contribution in [3.05, 3.63) is 95.8 Å². The number of benzene rings is 3. The maximum absolute atomic E-state index is 13.1. The number of para-hydroxylation sites is 2. The Balaban J connectivity index is 1.62. The second-order valence-corrected chi connectivity index (χ2v) is 10.3. The largest absolute Gasteiger partial charge is 0.342 e. The summed E-state index contributed by atoms with van der Waals surface area (Å²) in [6.45, 7) is 6.82. The van der Waals surface area contributed by atoms with Crippen molar-refractivity contribution in [3.8, 4) is 0 Å². The molecular weight excluding hydrogens is 460 g/mol. The van der Waals surface area contributed by atoms with Gasteiger partial charge in [-0.2, -0.15) is 4.31 Å². The van der Waals surface area contributed by atoms with Gasteiger partial charge in [-0.1, -0.05) is 62.4 Å². The zero-order chi connectivity index (χ0) is 25.0. The Morgan fingerprint density at radius 1 is 0.971 bits per heavy atom. The van der Waals surface area contributed by atoms with Gasteiger partial charge in [0.1, 0.15) is 5.82 Å². The molecule has 0 unspecified atom stereocenters. The highest BCUT2D eigenvalue weighted by Gasteiger charge is 2.24. The monoisotopic (exact) mass is 490 g/mol. The Labute approximate surface area is 206 Å². The van der Waals surface area contributed by atoms with E-state index in [1.165, 1.54) is 16.4 Å². The molecule has 1 aromatic heterocycles. The van der Waals surface area contributed by atoms with E-state index < -0.39 is 16.1 Å². The lowest BCUT2D eigenvalue weighted by molar-refractivity contribution is 0.0937. The minimum absolute atomic E-state index is 0.109. The molecule has 0 fully saturated rings. The molecule has 35 heavy (non-hydrogen) atoms. The van der Waals surface area contributed by atoms with Crippen LogP contribution < -0.4 is 5.32 Å². The highest BCUT2D eigenvalue weighted by molar-refractivity contribution is 7.89. The Bertz CT molecular complexity index is 1430. The van der Waals surface area contributed by atoms with E-state index in [4.69, 9.17) is 4.98 Å². The van der Waals surface area contributed by atoms with E-state index >= 15 is 0 Å². The van der Waals surface area contributed by atoms with Crippen molar-refractivity contribution in [1.82, 2.24) is 19.2 Å². The number of rotatable bonds is 9. The zero-order valence-electron chi connectivity index (χ0n) is 20.2. The van der Waals surface area contributed by atoms with Gasteiger partial charge in [-0.3, -0.25) is 4.79 Å². The average Bonchev–Trinajstić information content (AvgIpc) is 3.24. The maximum atomic E-state index is 13.1. The predicted molar refractivity (Wildman–Crippen MR) is 138 cm³/mol. The highest BCUT2D eigenvalue weighted by atomic mass is 32.2. The highest BCUT2D eigenvalue weighted by Crippen LogP contribution is 2.23. The molecule has 1 atom stereocenters. The van der Waals surface area contributed by atoms with Crippen molar-refractivity contribution < 1.29 is 13.2 Å². The third-order valence-corrected chi connectivity index (χ3v) is 8.09. The van der Waals surface area contributed by atoms with E-state index in [1.807, 2.05) is 49.4 Å². The number of carbonyl (C=O) groups is 1. The molecular formula is C27H30N4O3S. The summed E-state index contributed by atoms with van der Waals surface area (Å²) >= 11 is 0.